The minimum atomic E-state index is -0.478. The standard InChI is InChI=1S/C11H16BrFN2O/c1-6(2)15-10(5-16)7-3-8(12)11(14)9(13)4-7/h3-4,6,10,15-16H,5,14H2,1-2H3. The van der Waals surface area contributed by atoms with Crippen LogP contribution in [-0.4, -0.2) is 17.8 Å². The molecule has 5 heteroatoms. The number of aliphatic hydroxyl groups excluding tert-OH is 1. The SMILES string of the molecule is CC(C)NC(CO)c1cc(F)c(N)c(Br)c1. The van der Waals surface area contributed by atoms with E-state index in [2.05, 4.69) is 21.2 Å². The highest BCUT2D eigenvalue weighted by molar-refractivity contribution is 9.10. The van der Waals surface area contributed by atoms with Gasteiger partial charge in [-0.15, -0.1) is 0 Å². The quantitative estimate of drug-likeness (QED) is 0.745. The van der Waals surface area contributed by atoms with Gasteiger partial charge in [0.1, 0.15) is 5.82 Å². The lowest BCUT2D eigenvalue weighted by Crippen LogP contribution is -2.30. The van der Waals surface area contributed by atoms with Crippen molar-refractivity contribution in [3.05, 3.63) is 28.0 Å². The molecule has 1 atom stereocenters. The summed E-state index contributed by atoms with van der Waals surface area (Å²) < 4.78 is 13.9. The third-order valence-corrected chi connectivity index (χ3v) is 2.88. The molecule has 1 rings (SSSR count). The summed E-state index contributed by atoms with van der Waals surface area (Å²) in [6.07, 6.45) is 0. The Morgan fingerprint density at radius 1 is 1.50 bits per heavy atom. The first-order chi connectivity index (χ1) is 7.45. The van der Waals surface area contributed by atoms with Crippen molar-refractivity contribution in [2.45, 2.75) is 25.9 Å². The molecule has 0 radical (unpaired) electrons. The van der Waals surface area contributed by atoms with E-state index in [-0.39, 0.29) is 24.4 Å². The van der Waals surface area contributed by atoms with Gasteiger partial charge in [-0.2, -0.15) is 0 Å². The number of anilines is 1. The Kier molecular flexibility index (Phi) is 4.70. The Morgan fingerprint density at radius 3 is 2.56 bits per heavy atom. The van der Waals surface area contributed by atoms with Crippen LogP contribution in [0.4, 0.5) is 10.1 Å². The summed E-state index contributed by atoms with van der Waals surface area (Å²) in [5, 5.41) is 12.4. The van der Waals surface area contributed by atoms with Gasteiger partial charge in [0.2, 0.25) is 0 Å². The van der Waals surface area contributed by atoms with Gasteiger partial charge in [-0.25, -0.2) is 4.39 Å². The van der Waals surface area contributed by atoms with Crippen molar-refractivity contribution >= 4 is 21.6 Å². The lowest BCUT2D eigenvalue weighted by molar-refractivity contribution is 0.237. The zero-order chi connectivity index (χ0) is 12.3. The van der Waals surface area contributed by atoms with Crippen LogP contribution in [0.3, 0.4) is 0 Å². The van der Waals surface area contributed by atoms with Gasteiger partial charge in [-0.05, 0) is 33.6 Å². The predicted octanol–water partition coefficient (Wildman–Crippen LogP) is 2.20. The summed E-state index contributed by atoms with van der Waals surface area (Å²) in [6.45, 7) is 3.84. The second-order valence-corrected chi connectivity index (χ2v) is 4.81. The maximum absolute atomic E-state index is 13.4. The molecular formula is C11H16BrFN2O. The van der Waals surface area contributed by atoms with Crippen LogP contribution in [0.5, 0.6) is 0 Å². The van der Waals surface area contributed by atoms with Crippen molar-refractivity contribution in [3.63, 3.8) is 0 Å². The number of benzene rings is 1. The van der Waals surface area contributed by atoms with E-state index in [1.54, 1.807) is 6.07 Å². The van der Waals surface area contributed by atoms with Crippen LogP contribution >= 0.6 is 15.9 Å². The molecule has 4 N–H and O–H groups in total. The molecule has 0 aliphatic carbocycles. The number of hydrogen-bond donors (Lipinski definition) is 3. The maximum Gasteiger partial charge on any atom is 0.147 e. The Labute approximate surface area is 103 Å². The molecule has 0 heterocycles. The van der Waals surface area contributed by atoms with Gasteiger partial charge in [0.15, 0.2) is 0 Å². The molecule has 0 bridgehead atoms. The Hall–Kier alpha value is -0.650. The molecule has 1 aromatic carbocycles. The zero-order valence-electron chi connectivity index (χ0n) is 9.30. The van der Waals surface area contributed by atoms with E-state index in [4.69, 9.17) is 5.73 Å². The van der Waals surface area contributed by atoms with Crippen LogP contribution in [0.15, 0.2) is 16.6 Å². The Morgan fingerprint density at radius 2 is 2.12 bits per heavy atom. The lowest BCUT2D eigenvalue weighted by atomic mass is 10.1. The lowest BCUT2D eigenvalue weighted by Gasteiger charge is -2.20. The number of nitrogen functional groups attached to an aromatic ring is 1. The number of halogens is 2. The van der Waals surface area contributed by atoms with Crippen molar-refractivity contribution in [3.8, 4) is 0 Å². The summed E-state index contributed by atoms with van der Waals surface area (Å²) >= 11 is 3.19. The van der Waals surface area contributed by atoms with E-state index < -0.39 is 5.82 Å². The van der Waals surface area contributed by atoms with Crippen LogP contribution in [0.25, 0.3) is 0 Å². The molecule has 0 spiro atoms. The molecule has 0 aliphatic heterocycles. The fraction of sp³-hybridized carbons (Fsp3) is 0.455. The average molecular weight is 291 g/mol. The summed E-state index contributed by atoms with van der Waals surface area (Å²) in [6, 6.07) is 2.98. The smallest absolute Gasteiger partial charge is 0.147 e. The minimum absolute atomic E-state index is 0.0880. The first-order valence-corrected chi connectivity index (χ1v) is 5.86. The molecule has 1 aromatic rings. The van der Waals surface area contributed by atoms with Crippen molar-refractivity contribution in [1.82, 2.24) is 5.32 Å². The highest BCUT2D eigenvalue weighted by Gasteiger charge is 2.15. The van der Waals surface area contributed by atoms with Gasteiger partial charge in [0, 0.05) is 10.5 Å². The molecule has 0 saturated heterocycles. The molecule has 0 amide bonds. The summed E-state index contributed by atoms with van der Waals surface area (Å²) in [7, 11) is 0. The monoisotopic (exact) mass is 290 g/mol. The van der Waals surface area contributed by atoms with Crippen LogP contribution in [0.1, 0.15) is 25.5 Å². The molecule has 0 saturated carbocycles. The van der Waals surface area contributed by atoms with Crippen LogP contribution in [0.2, 0.25) is 0 Å². The maximum atomic E-state index is 13.4. The highest BCUT2D eigenvalue weighted by atomic mass is 79.9. The normalized spacial score (nSPS) is 13.1. The van der Waals surface area contributed by atoms with Crippen molar-refractivity contribution in [1.29, 1.82) is 0 Å². The predicted molar refractivity (Wildman–Crippen MR) is 66.6 cm³/mol. The van der Waals surface area contributed by atoms with Crippen molar-refractivity contribution in [2.75, 3.05) is 12.3 Å². The number of nitrogens with two attached hydrogens (primary N) is 1. The molecule has 3 nitrogen and oxygen atoms in total. The first-order valence-electron chi connectivity index (χ1n) is 5.07. The van der Waals surface area contributed by atoms with Gasteiger partial charge in [0.25, 0.3) is 0 Å². The highest BCUT2D eigenvalue weighted by Crippen LogP contribution is 2.27. The number of hydrogen-bond acceptors (Lipinski definition) is 3. The third-order valence-electron chi connectivity index (χ3n) is 2.22. The fourth-order valence-corrected chi connectivity index (χ4v) is 1.92. The second kappa shape index (κ2) is 5.61. The summed E-state index contributed by atoms with van der Waals surface area (Å²) in [5.74, 6) is -0.478. The largest absolute Gasteiger partial charge is 0.395 e. The van der Waals surface area contributed by atoms with E-state index in [9.17, 15) is 9.50 Å². The Bertz CT molecular complexity index is 348. The van der Waals surface area contributed by atoms with Gasteiger partial charge < -0.3 is 16.2 Å². The van der Waals surface area contributed by atoms with Crippen LogP contribution in [0, 0.1) is 5.82 Å². The average Bonchev–Trinajstić information content (AvgIpc) is 2.21. The minimum Gasteiger partial charge on any atom is -0.395 e. The Balaban J connectivity index is 3.01. The topological polar surface area (TPSA) is 58.3 Å². The fourth-order valence-electron chi connectivity index (χ4n) is 1.46. The van der Waals surface area contributed by atoms with Gasteiger partial charge in [-0.1, -0.05) is 13.8 Å². The summed E-state index contributed by atoms with van der Waals surface area (Å²) in [4.78, 5) is 0. The van der Waals surface area contributed by atoms with E-state index in [0.717, 1.165) is 0 Å². The number of aliphatic hydroxyl groups is 1. The number of rotatable bonds is 4. The van der Waals surface area contributed by atoms with Crippen molar-refractivity contribution in [2.24, 2.45) is 0 Å². The first kappa shape index (κ1) is 13.4. The van der Waals surface area contributed by atoms with Gasteiger partial charge in [0.05, 0.1) is 18.3 Å². The van der Waals surface area contributed by atoms with Gasteiger partial charge in [-0.3, -0.25) is 0 Å². The molecule has 1 unspecified atom stereocenters. The van der Waals surface area contributed by atoms with E-state index in [0.29, 0.717) is 10.0 Å². The molecule has 16 heavy (non-hydrogen) atoms. The van der Waals surface area contributed by atoms with E-state index >= 15 is 0 Å². The molecule has 90 valence electrons. The molecule has 0 aliphatic rings. The van der Waals surface area contributed by atoms with E-state index in [1.165, 1.54) is 6.07 Å². The van der Waals surface area contributed by atoms with Crippen LogP contribution in [-0.2, 0) is 0 Å². The van der Waals surface area contributed by atoms with Crippen LogP contribution < -0.4 is 11.1 Å². The number of nitrogens with one attached hydrogen (secondary N) is 1. The summed E-state index contributed by atoms with van der Waals surface area (Å²) in [5.41, 5.74) is 6.25. The third kappa shape index (κ3) is 3.17. The molecule has 0 fully saturated rings. The molecule has 0 aromatic heterocycles. The van der Waals surface area contributed by atoms with E-state index in [1.807, 2.05) is 13.8 Å². The second-order valence-electron chi connectivity index (χ2n) is 3.95. The molecular weight excluding hydrogens is 275 g/mol. The zero-order valence-corrected chi connectivity index (χ0v) is 10.9. The van der Waals surface area contributed by atoms with Crippen molar-refractivity contribution < 1.29 is 9.50 Å². The van der Waals surface area contributed by atoms with Gasteiger partial charge >= 0.3 is 0 Å².